The van der Waals surface area contributed by atoms with Gasteiger partial charge in [0.2, 0.25) is 5.91 Å². The number of benzene rings is 3. The topological polar surface area (TPSA) is 58.4 Å². The van der Waals surface area contributed by atoms with Crippen molar-refractivity contribution in [3.05, 3.63) is 96.3 Å². The zero-order valence-corrected chi connectivity index (χ0v) is 18.4. The monoisotopic (exact) mass is 438 g/mol. The third kappa shape index (κ3) is 4.51. The first kappa shape index (κ1) is 20.9. The molecule has 1 aliphatic heterocycles. The summed E-state index contributed by atoms with van der Waals surface area (Å²) in [5.74, 6) is 0.159. The molecule has 0 bridgehead atoms. The lowest BCUT2D eigenvalue weighted by molar-refractivity contribution is -0.132. The summed E-state index contributed by atoms with van der Waals surface area (Å²) in [7, 11) is 0. The van der Waals surface area contributed by atoms with E-state index in [1.54, 1.807) is 0 Å². The number of fused-ring (bicyclic) bond motifs is 1. The Morgan fingerprint density at radius 3 is 2.30 bits per heavy atom. The number of aryl methyl sites for hydroxylation is 1. The molecule has 5 rings (SSSR count). The van der Waals surface area contributed by atoms with Gasteiger partial charge in [-0.15, -0.1) is 0 Å². The lowest BCUT2D eigenvalue weighted by Crippen LogP contribution is -2.50. The first-order chi connectivity index (χ1) is 16.2. The average molecular weight is 439 g/mol. The van der Waals surface area contributed by atoms with Gasteiger partial charge in [-0.3, -0.25) is 9.59 Å². The van der Waals surface area contributed by atoms with Gasteiger partial charge in [-0.2, -0.15) is 5.10 Å². The van der Waals surface area contributed by atoms with Gasteiger partial charge < -0.3 is 9.80 Å². The van der Waals surface area contributed by atoms with E-state index in [0.717, 1.165) is 27.6 Å². The Morgan fingerprint density at radius 1 is 0.788 bits per heavy atom. The van der Waals surface area contributed by atoms with Gasteiger partial charge in [0.25, 0.3) is 5.91 Å². The minimum Gasteiger partial charge on any atom is -0.339 e. The molecule has 0 saturated carbocycles. The fourth-order valence-electron chi connectivity index (χ4n) is 4.36. The molecular formula is C27H26N4O2. The fourth-order valence-corrected chi connectivity index (χ4v) is 4.36. The number of nitrogens with zero attached hydrogens (tertiary/aromatic N) is 4. The molecule has 0 radical (unpaired) electrons. The lowest BCUT2D eigenvalue weighted by atomic mass is 10.0. The zero-order chi connectivity index (χ0) is 22.6. The van der Waals surface area contributed by atoms with E-state index in [1.165, 1.54) is 0 Å². The molecule has 0 N–H and O–H groups in total. The molecule has 3 aromatic carbocycles. The van der Waals surface area contributed by atoms with Gasteiger partial charge in [0, 0.05) is 44.4 Å². The number of para-hydroxylation sites is 1. The molecule has 0 unspecified atom stereocenters. The molecule has 1 aliphatic rings. The SMILES string of the molecule is O=C(CCc1cnn(-c2ccccc2)c1)N1CCN(C(=O)c2cccc3ccccc23)CC1. The second-order valence-corrected chi connectivity index (χ2v) is 8.33. The summed E-state index contributed by atoms with van der Waals surface area (Å²) in [4.78, 5) is 29.6. The van der Waals surface area contributed by atoms with E-state index < -0.39 is 0 Å². The van der Waals surface area contributed by atoms with Gasteiger partial charge in [-0.25, -0.2) is 4.68 Å². The van der Waals surface area contributed by atoms with Crippen molar-refractivity contribution in [1.29, 1.82) is 0 Å². The van der Waals surface area contributed by atoms with Crippen molar-refractivity contribution in [2.75, 3.05) is 26.2 Å². The van der Waals surface area contributed by atoms with Crippen LogP contribution in [-0.2, 0) is 11.2 Å². The van der Waals surface area contributed by atoms with Crippen LogP contribution in [0.5, 0.6) is 0 Å². The van der Waals surface area contributed by atoms with Gasteiger partial charge in [-0.05, 0) is 41.0 Å². The molecule has 166 valence electrons. The molecule has 0 spiro atoms. The number of piperazine rings is 1. The number of aromatic nitrogens is 2. The van der Waals surface area contributed by atoms with Crippen LogP contribution in [0.15, 0.2) is 85.2 Å². The number of carbonyl (C=O) groups is 2. The highest BCUT2D eigenvalue weighted by atomic mass is 16.2. The van der Waals surface area contributed by atoms with E-state index in [-0.39, 0.29) is 11.8 Å². The molecule has 33 heavy (non-hydrogen) atoms. The van der Waals surface area contributed by atoms with Crippen molar-refractivity contribution in [2.45, 2.75) is 12.8 Å². The maximum absolute atomic E-state index is 13.1. The summed E-state index contributed by atoms with van der Waals surface area (Å²) >= 11 is 0. The van der Waals surface area contributed by atoms with Crippen molar-refractivity contribution in [3.63, 3.8) is 0 Å². The lowest BCUT2D eigenvalue weighted by Gasteiger charge is -2.35. The van der Waals surface area contributed by atoms with Crippen molar-refractivity contribution >= 4 is 22.6 Å². The summed E-state index contributed by atoms with van der Waals surface area (Å²) in [6.45, 7) is 2.25. The summed E-state index contributed by atoms with van der Waals surface area (Å²) in [6.07, 6.45) is 4.89. The molecular weight excluding hydrogens is 412 g/mol. The second-order valence-electron chi connectivity index (χ2n) is 8.33. The van der Waals surface area contributed by atoms with Crippen LogP contribution in [0.1, 0.15) is 22.3 Å². The summed E-state index contributed by atoms with van der Waals surface area (Å²) in [6, 6.07) is 23.7. The van der Waals surface area contributed by atoms with E-state index in [1.807, 2.05) is 99.7 Å². The average Bonchev–Trinajstić information content (AvgIpc) is 3.36. The Balaban J connectivity index is 1.15. The van der Waals surface area contributed by atoms with Crippen LogP contribution >= 0.6 is 0 Å². The van der Waals surface area contributed by atoms with Crippen LogP contribution in [0.25, 0.3) is 16.5 Å². The van der Waals surface area contributed by atoms with Gasteiger partial charge >= 0.3 is 0 Å². The van der Waals surface area contributed by atoms with Crippen LogP contribution < -0.4 is 0 Å². The summed E-state index contributed by atoms with van der Waals surface area (Å²) < 4.78 is 1.83. The van der Waals surface area contributed by atoms with E-state index >= 15 is 0 Å². The second kappa shape index (κ2) is 9.28. The minimum absolute atomic E-state index is 0.0345. The van der Waals surface area contributed by atoms with Crippen LogP contribution in [0, 0.1) is 0 Å². The van der Waals surface area contributed by atoms with E-state index in [9.17, 15) is 9.59 Å². The smallest absolute Gasteiger partial charge is 0.254 e. The summed E-state index contributed by atoms with van der Waals surface area (Å²) in [5, 5.41) is 6.44. The zero-order valence-electron chi connectivity index (χ0n) is 18.4. The number of carbonyl (C=O) groups excluding carboxylic acids is 2. The predicted molar refractivity (Wildman–Crippen MR) is 128 cm³/mol. The first-order valence-electron chi connectivity index (χ1n) is 11.3. The molecule has 1 fully saturated rings. The molecule has 0 atom stereocenters. The molecule has 4 aromatic rings. The van der Waals surface area contributed by atoms with Crippen molar-refractivity contribution < 1.29 is 9.59 Å². The molecule has 2 heterocycles. The summed E-state index contributed by atoms with van der Waals surface area (Å²) in [5.41, 5.74) is 2.77. The van der Waals surface area contributed by atoms with Crippen molar-refractivity contribution in [2.24, 2.45) is 0 Å². The Hall–Kier alpha value is -3.93. The number of amides is 2. The van der Waals surface area contributed by atoms with E-state index in [0.29, 0.717) is 39.0 Å². The maximum atomic E-state index is 13.1. The highest BCUT2D eigenvalue weighted by Gasteiger charge is 2.25. The highest BCUT2D eigenvalue weighted by Crippen LogP contribution is 2.21. The third-order valence-corrected chi connectivity index (χ3v) is 6.22. The van der Waals surface area contributed by atoms with Crippen LogP contribution in [-0.4, -0.2) is 57.6 Å². The van der Waals surface area contributed by atoms with E-state index in [4.69, 9.17) is 0 Å². The quantitative estimate of drug-likeness (QED) is 0.474. The number of hydrogen-bond donors (Lipinski definition) is 0. The molecule has 0 aliphatic carbocycles. The van der Waals surface area contributed by atoms with Gasteiger partial charge in [0.05, 0.1) is 11.9 Å². The maximum Gasteiger partial charge on any atom is 0.254 e. The Morgan fingerprint density at radius 2 is 1.48 bits per heavy atom. The van der Waals surface area contributed by atoms with Crippen LogP contribution in [0.3, 0.4) is 0 Å². The first-order valence-corrected chi connectivity index (χ1v) is 11.3. The van der Waals surface area contributed by atoms with Crippen LogP contribution in [0.4, 0.5) is 0 Å². The van der Waals surface area contributed by atoms with Gasteiger partial charge in [0.15, 0.2) is 0 Å². The van der Waals surface area contributed by atoms with Gasteiger partial charge in [-0.1, -0.05) is 54.6 Å². The highest BCUT2D eigenvalue weighted by molar-refractivity contribution is 6.07. The third-order valence-electron chi connectivity index (χ3n) is 6.22. The fraction of sp³-hybridized carbons (Fsp3) is 0.222. The van der Waals surface area contributed by atoms with Crippen LogP contribution in [0.2, 0.25) is 0 Å². The molecule has 1 aromatic heterocycles. The standard InChI is InChI=1S/C27H26N4O2/c32-26(14-13-21-19-28-31(20-21)23-9-2-1-3-10-23)29-15-17-30(18-16-29)27(33)25-12-6-8-22-7-4-5-11-24(22)25/h1-12,19-20H,13-18H2. The number of hydrogen-bond acceptors (Lipinski definition) is 3. The largest absolute Gasteiger partial charge is 0.339 e. The molecule has 6 heteroatoms. The normalized spacial score (nSPS) is 13.9. The van der Waals surface area contributed by atoms with Crippen molar-refractivity contribution in [3.8, 4) is 5.69 Å². The molecule has 2 amide bonds. The van der Waals surface area contributed by atoms with Gasteiger partial charge in [0.1, 0.15) is 0 Å². The number of rotatable bonds is 5. The molecule has 6 nitrogen and oxygen atoms in total. The Labute approximate surface area is 193 Å². The minimum atomic E-state index is 0.0345. The van der Waals surface area contributed by atoms with E-state index in [2.05, 4.69) is 5.10 Å². The predicted octanol–water partition coefficient (Wildman–Crippen LogP) is 3.94. The Bertz CT molecular complexity index is 1270. The molecule has 1 saturated heterocycles. The Kier molecular flexibility index (Phi) is 5.89. The van der Waals surface area contributed by atoms with Crippen molar-refractivity contribution in [1.82, 2.24) is 19.6 Å².